The highest BCUT2D eigenvalue weighted by Gasteiger charge is 2.14. The summed E-state index contributed by atoms with van der Waals surface area (Å²) in [6.45, 7) is 2.30. The van der Waals surface area contributed by atoms with Gasteiger partial charge in [-0.1, -0.05) is 6.07 Å². The van der Waals surface area contributed by atoms with Crippen molar-refractivity contribution < 1.29 is 9.53 Å². The van der Waals surface area contributed by atoms with E-state index in [-0.39, 0.29) is 18.5 Å². The van der Waals surface area contributed by atoms with E-state index in [2.05, 4.69) is 11.4 Å². The lowest BCUT2D eigenvalue weighted by molar-refractivity contribution is -0.126. The van der Waals surface area contributed by atoms with Gasteiger partial charge in [0, 0.05) is 11.3 Å². The van der Waals surface area contributed by atoms with Crippen molar-refractivity contribution in [3.63, 3.8) is 0 Å². The van der Waals surface area contributed by atoms with Crippen LogP contribution in [-0.4, -0.2) is 31.6 Å². The molecule has 2 rings (SSSR count). The average molecular weight is 253 g/mol. The minimum Gasteiger partial charge on any atom is -0.370 e. The molecule has 1 aliphatic rings. The third-order valence-electron chi connectivity index (χ3n) is 3.00. The lowest BCUT2D eigenvalue weighted by atomic mass is 10.1. The number of hydrogen-bond donors (Lipinski definition) is 1. The van der Waals surface area contributed by atoms with Crippen LogP contribution >= 0.6 is 11.3 Å². The second-order valence-corrected chi connectivity index (χ2v) is 5.41. The molecule has 0 amide bonds. The van der Waals surface area contributed by atoms with E-state index in [0.29, 0.717) is 6.42 Å². The summed E-state index contributed by atoms with van der Waals surface area (Å²) in [5, 5.41) is 5.33. The summed E-state index contributed by atoms with van der Waals surface area (Å²) >= 11 is 1.71. The Bertz CT molecular complexity index is 331. The van der Waals surface area contributed by atoms with Gasteiger partial charge in [0.15, 0.2) is 5.78 Å². The van der Waals surface area contributed by atoms with Gasteiger partial charge in [-0.05, 0) is 43.8 Å². The van der Waals surface area contributed by atoms with Crippen molar-refractivity contribution in [1.82, 2.24) is 5.32 Å². The second-order valence-electron chi connectivity index (χ2n) is 4.38. The number of aryl methyl sites for hydroxylation is 1. The summed E-state index contributed by atoms with van der Waals surface area (Å²) in [7, 11) is 0. The quantitative estimate of drug-likeness (QED) is 0.843. The summed E-state index contributed by atoms with van der Waals surface area (Å²) in [6.07, 6.45) is 3.79. The van der Waals surface area contributed by atoms with E-state index in [9.17, 15) is 4.79 Å². The van der Waals surface area contributed by atoms with Crippen LogP contribution in [0.15, 0.2) is 17.5 Å². The molecule has 1 aromatic heterocycles. The molecule has 0 atom stereocenters. The number of thiophene rings is 1. The Morgan fingerprint density at radius 3 is 3.00 bits per heavy atom. The van der Waals surface area contributed by atoms with Gasteiger partial charge in [0.05, 0.1) is 6.10 Å². The van der Waals surface area contributed by atoms with E-state index in [4.69, 9.17) is 4.74 Å². The second kappa shape index (κ2) is 6.89. The summed E-state index contributed by atoms with van der Waals surface area (Å²) in [5.41, 5.74) is 0. The maximum atomic E-state index is 11.6. The molecule has 0 unspecified atom stereocenters. The number of piperidine rings is 1. The van der Waals surface area contributed by atoms with Crippen molar-refractivity contribution in [2.24, 2.45) is 0 Å². The molecular weight excluding hydrogens is 234 g/mol. The number of nitrogens with one attached hydrogen (secondary N) is 1. The molecule has 0 spiro atoms. The lowest BCUT2D eigenvalue weighted by Gasteiger charge is -2.22. The Morgan fingerprint density at radius 2 is 2.29 bits per heavy atom. The molecule has 4 heteroatoms. The molecule has 0 aliphatic carbocycles. The number of Topliss-reactive ketones (excluding diaryl/α,β-unsaturated/α-hetero) is 1. The highest BCUT2D eigenvalue weighted by Crippen LogP contribution is 2.12. The van der Waals surface area contributed by atoms with Crippen LogP contribution in [-0.2, 0) is 16.0 Å². The molecule has 0 aromatic carbocycles. The zero-order chi connectivity index (χ0) is 11.9. The Kier molecular flexibility index (Phi) is 5.16. The van der Waals surface area contributed by atoms with Crippen LogP contribution in [0, 0.1) is 0 Å². The molecule has 1 aliphatic heterocycles. The van der Waals surface area contributed by atoms with Gasteiger partial charge in [0.2, 0.25) is 0 Å². The molecule has 2 heterocycles. The topological polar surface area (TPSA) is 38.3 Å². The first kappa shape index (κ1) is 12.7. The first-order valence-electron chi connectivity index (χ1n) is 6.21. The van der Waals surface area contributed by atoms with Crippen LogP contribution in [0.5, 0.6) is 0 Å². The van der Waals surface area contributed by atoms with Crippen LogP contribution in [0.25, 0.3) is 0 Å². The summed E-state index contributed by atoms with van der Waals surface area (Å²) in [5.74, 6) is 0.219. The zero-order valence-corrected chi connectivity index (χ0v) is 10.8. The van der Waals surface area contributed by atoms with Gasteiger partial charge in [-0.25, -0.2) is 0 Å². The van der Waals surface area contributed by atoms with Crippen LogP contribution in [0.1, 0.15) is 24.1 Å². The van der Waals surface area contributed by atoms with Crippen molar-refractivity contribution in [2.45, 2.75) is 31.8 Å². The third-order valence-corrected chi connectivity index (χ3v) is 3.93. The Morgan fingerprint density at radius 1 is 1.47 bits per heavy atom. The van der Waals surface area contributed by atoms with Gasteiger partial charge < -0.3 is 10.1 Å². The fourth-order valence-corrected chi connectivity index (χ4v) is 2.67. The van der Waals surface area contributed by atoms with Crippen LogP contribution in [0.2, 0.25) is 0 Å². The van der Waals surface area contributed by atoms with E-state index in [1.54, 1.807) is 11.3 Å². The van der Waals surface area contributed by atoms with E-state index in [0.717, 1.165) is 32.4 Å². The fraction of sp³-hybridized carbons (Fsp3) is 0.615. The largest absolute Gasteiger partial charge is 0.370 e. The molecular formula is C13H19NO2S. The van der Waals surface area contributed by atoms with E-state index in [1.165, 1.54) is 4.88 Å². The van der Waals surface area contributed by atoms with Gasteiger partial charge in [-0.2, -0.15) is 0 Å². The van der Waals surface area contributed by atoms with Gasteiger partial charge in [0.1, 0.15) is 6.61 Å². The minimum atomic E-state index is 0.219. The molecule has 17 heavy (non-hydrogen) atoms. The first-order chi connectivity index (χ1) is 8.34. The van der Waals surface area contributed by atoms with Crippen LogP contribution in [0.4, 0.5) is 0 Å². The first-order valence-corrected chi connectivity index (χ1v) is 7.09. The normalized spacial score (nSPS) is 17.2. The third kappa shape index (κ3) is 4.58. The molecule has 3 nitrogen and oxygen atoms in total. The Balaban J connectivity index is 1.60. The Hall–Kier alpha value is -0.710. The SMILES string of the molecule is O=C(CCc1cccs1)COC1CCNCC1. The summed E-state index contributed by atoms with van der Waals surface area (Å²) in [4.78, 5) is 12.9. The lowest BCUT2D eigenvalue weighted by Crippen LogP contribution is -2.33. The predicted octanol–water partition coefficient (Wildman–Crippen LogP) is 2.02. The predicted molar refractivity (Wildman–Crippen MR) is 69.5 cm³/mol. The van der Waals surface area contributed by atoms with Gasteiger partial charge in [-0.15, -0.1) is 11.3 Å². The number of rotatable bonds is 6. The zero-order valence-electron chi connectivity index (χ0n) is 9.98. The van der Waals surface area contributed by atoms with Gasteiger partial charge >= 0.3 is 0 Å². The minimum absolute atomic E-state index is 0.219. The van der Waals surface area contributed by atoms with Gasteiger partial charge in [0.25, 0.3) is 0 Å². The van der Waals surface area contributed by atoms with E-state index >= 15 is 0 Å². The maximum absolute atomic E-state index is 11.6. The average Bonchev–Trinajstić information content (AvgIpc) is 2.88. The van der Waals surface area contributed by atoms with E-state index in [1.807, 2.05) is 11.4 Å². The molecule has 1 saturated heterocycles. The van der Waals surface area contributed by atoms with Crippen LogP contribution < -0.4 is 5.32 Å². The molecule has 1 fully saturated rings. The number of hydrogen-bond acceptors (Lipinski definition) is 4. The van der Waals surface area contributed by atoms with Crippen molar-refractivity contribution in [1.29, 1.82) is 0 Å². The monoisotopic (exact) mass is 253 g/mol. The molecule has 1 N–H and O–H groups in total. The molecule has 1 aromatic rings. The van der Waals surface area contributed by atoms with E-state index < -0.39 is 0 Å². The number of ketones is 1. The highest BCUT2D eigenvalue weighted by atomic mass is 32.1. The summed E-state index contributed by atoms with van der Waals surface area (Å²) in [6, 6.07) is 4.10. The Labute approximate surface area is 106 Å². The summed E-state index contributed by atoms with van der Waals surface area (Å²) < 4.78 is 5.63. The van der Waals surface area contributed by atoms with Crippen molar-refractivity contribution in [3.8, 4) is 0 Å². The molecule has 0 bridgehead atoms. The maximum Gasteiger partial charge on any atom is 0.158 e. The van der Waals surface area contributed by atoms with Crippen LogP contribution in [0.3, 0.4) is 0 Å². The van der Waals surface area contributed by atoms with Crippen molar-refractivity contribution in [3.05, 3.63) is 22.4 Å². The smallest absolute Gasteiger partial charge is 0.158 e. The number of carbonyl (C=O) groups excluding carboxylic acids is 1. The highest BCUT2D eigenvalue weighted by molar-refractivity contribution is 7.09. The molecule has 0 radical (unpaired) electrons. The fourth-order valence-electron chi connectivity index (χ4n) is 1.96. The number of ether oxygens (including phenoxy) is 1. The number of carbonyl (C=O) groups is 1. The van der Waals surface area contributed by atoms with Crippen molar-refractivity contribution >= 4 is 17.1 Å². The molecule has 0 saturated carbocycles. The molecule has 94 valence electrons. The standard InChI is InChI=1S/C13H19NO2S/c15-11(3-4-13-2-1-9-17-13)10-16-12-5-7-14-8-6-12/h1-2,9,12,14H,3-8,10H2. The van der Waals surface area contributed by atoms with Gasteiger partial charge in [-0.3, -0.25) is 4.79 Å². The van der Waals surface area contributed by atoms with Crippen molar-refractivity contribution in [2.75, 3.05) is 19.7 Å².